The first-order valence-corrected chi connectivity index (χ1v) is 8.25. The summed E-state index contributed by atoms with van der Waals surface area (Å²) in [6, 6.07) is 8.12. The zero-order valence-electron chi connectivity index (χ0n) is 8.24. The Bertz CT molecular complexity index is 545. The first kappa shape index (κ1) is 9.08. The normalized spacial score (nSPS) is 15.7. The maximum absolute atomic E-state index is 4.60. The Labute approximate surface area is 95.0 Å². The number of aromatic nitrogens is 2. The quantitative estimate of drug-likeness (QED) is 0.684. The van der Waals surface area contributed by atoms with E-state index in [-0.39, 0.29) is 0 Å². The number of nitrogens with zero attached hydrogens (tertiary/aromatic N) is 2. The summed E-state index contributed by atoms with van der Waals surface area (Å²) < 4.78 is 5.56. The number of halogens is 1. The predicted octanol–water partition coefficient (Wildman–Crippen LogP) is 2.83. The molecule has 0 radical (unpaired) electrons. The van der Waals surface area contributed by atoms with Crippen LogP contribution in [-0.2, 0) is 0 Å². The van der Waals surface area contributed by atoms with E-state index in [4.69, 9.17) is 0 Å². The van der Waals surface area contributed by atoms with Crippen molar-refractivity contribution in [3.05, 3.63) is 36.3 Å². The van der Waals surface area contributed by atoms with Gasteiger partial charge in [-0.15, -0.1) is 0 Å². The van der Waals surface area contributed by atoms with Crippen LogP contribution in [0.2, 0.25) is 0 Å². The van der Waals surface area contributed by atoms with E-state index in [0.717, 1.165) is 20.6 Å². The molecule has 1 aliphatic heterocycles. The second-order valence-corrected chi connectivity index (χ2v) is 7.57. The summed E-state index contributed by atoms with van der Waals surface area (Å²) in [4.78, 5) is 9.17. The van der Waals surface area contributed by atoms with Crippen LogP contribution in [0.15, 0.2) is 32.4 Å². The van der Waals surface area contributed by atoms with Crippen LogP contribution in [0.1, 0.15) is 0 Å². The van der Waals surface area contributed by atoms with Gasteiger partial charge in [-0.3, -0.25) is 0 Å². The third-order valence-corrected chi connectivity index (χ3v) is 5.29. The third-order valence-electron chi connectivity index (χ3n) is 2.26. The van der Waals surface area contributed by atoms with Crippen molar-refractivity contribution in [3.63, 3.8) is 0 Å². The first-order valence-electron chi connectivity index (χ1n) is 4.68. The number of anilines is 1. The molecule has 76 valence electrons. The molecule has 2 heterocycles. The Kier molecular flexibility index (Phi) is 2.09. The minimum atomic E-state index is -1.11. The van der Waals surface area contributed by atoms with Crippen LogP contribution in [0.3, 0.4) is 0 Å². The summed E-state index contributed by atoms with van der Waals surface area (Å²) in [6.07, 6.45) is 0. The van der Waals surface area contributed by atoms with Crippen molar-refractivity contribution < 1.29 is 0 Å². The standard InChI is InChI=1S/C11H10IN3/c1-13-10-8-4-2-3-5-9(8)14-11(15-10)12-6-7-12/h2-7H,1H3,(H,13,14,15). The van der Waals surface area contributed by atoms with Crippen molar-refractivity contribution in [2.24, 2.45) is 0 Å². The zero-order chi connectivity index (χ0) is 10.3. The first-order chi connectivity index (χ1) is 7.38. The fraction of sp³-hybridized carbons (Fsp3) is 0.0909. The molecular formula is C11H10IN3. The summed E-state index contributed by atoms with van der Waals surface area (Å²) in [6.45, 7) is 0. The monoisotopic (exact) mass is 311 g/mol. The summed E-state index contributed by atoms with van der Waals surface area (Å²) >= 11 is -1.11. The molecule has 3 nitrogen and oxygen atoms in total. The summed E-state index contributed by atoms with van der Waals surface area (Å²) in [5, 5.41) is 4.24. The minimum absolute atomic E-state index is 0.946. The fourth-order valence-electron chi connectivity index (χ4n) is 1.47. The average Bonchev–Trinajstić information content (AvgIpc) is 3.11. The maximum atomic E-state index is 4.60. The van der Waals surface area contributed by atoms with Gasteiger partial charge < -0.3 is 0 Å². The molecule has 0 saturated carbocycles. The van der Waals surface area contributed by atoms with E-state index in [1.807, 2.05) is 25.2 Å². The van der Waals surface area contributed by atoms with Crippen LogP contribution >= 0.6 is 19.8 Å². The molecule has 4 heteroatoms. The van der Waals surface area contributed by atoms with Gasteiger partial charge in [0.05, 0.1) is 0 Å². The number of nitrogens with one attached hydrogen (secondary N) is 1. The van der Waals surface area contributed by atoms with Crippen LogP contribution < -0.4 is 5.32 Å². The Morgan fingerprint density at radius 1 is 1.13 bits per heavy atom. The van der Waals surface area contributed by atoms with Crippen LogP contribution in [0.4, 0.5) is 5.82 Å². The molecule has 1 aromatic heterocycles. The van der Waals surface area contributed by atoms with E-state index in [1.54, 1.807) is 0 Å². The Morgan fingerprint density at radius 2 is 1.93 bits per heavy atom. The van der Waals surface area contributed by atoms with E-state index in [2.05, 4.69) is 29.5 Å². The van der Waals surface area contributed by atoms with Gasteiger partial charge in [0.1, 0.15) is 0 Å². The zero-order valence-corrected chi connectivity index (χ0v) is 10.4. The van der Waals surface area contributed by atoms with Gasteiger partial charge in [-0.25, -0.2) is 0 Å². The van der Waals surface area contributed by atoms with Crippen LogP contribution in [-0.4, -0.2) is 17.0 Å². The second-order valence-electron chi connectivity index (χ2n) is 3.20. The van der Waals surface area contributed by atoms with Gasteiger partial charge in [0.2, 0.25) is 0 Å². The third kappa shape index (κ3) is 1.58. The molecule has 15 heavy (non-hydrogen) atoms. The molecule has 0 spiro atoms. The fourth-order valence-corrected chi connectivity index (χ4v) is 4.22. The molecule has 0 aliphatic carbocycles. The number of hydrogen-bond acceptors (Lipinski definition) is 3. The summed E-state index contributed by atoms with van der Waals surface area (Å²) in [5.74, 6) is 0.946. The summed E-state index contributed by atoms with van der Waals surface area (Å²) in [5.41, 5.74) is 1.04. The Morgan fingerprint density at radius 3 is 2.67 bits per heavy atom. The average molecular weight is 311 g/mol. The number of hydrogen-bond donors (Lipinski definition) is 1. The van der Waals surface area contributed by atoms with Gasteiger partial charge in [0.15, 0.2) is 0 Å². The van der Waals surface area contributed by atoms with E-state index >= 15 is 0 Å². The van der Waals surface area contributed by atoms with Gasteiger partial charge in [-0.05, 0) is 0 Å². The molecule has 1 N–H and O–H groups in total. The van der Waals surface area contributed by atoms with Gasteiger partial charge in [0.25, 0.3) is 0 Å². The summed E-state index contributed by atoms with van der Waals surface area (Å²) in [7, 11) is 1.91. The van der Waals surface area contributed by atoms with Crippen molar-refractivity contribution >= 4 is 36.5 Å². The molecule has 0 fully saturated rings. The van der Waals surface area contributed by atoms with Crippen molar-refractivity contribution in [1.82, 2.24) is 9.97 Å². The predicted molar refractivity (Wildman–Crippen MR) is 70.9 cm³/mol. The van der Waals surface area contributed by atoms with E-state index in [0.29, 0.717) is 0 Å². The van der Waals surface area contributed by atoms with E-state index in [1.165, 1.54) is 0 Å². The van der Waals surface area contributed by atoms with Crippen molar-refractivity contribution in [3.8, 4) is 0 Å². The molecular weight excluding hydrogens is 301 g/mol. The molecule has 3 rings (SSSR count). The van der Waals surface area contributed by atoms with Crippen LogP contribution in [0, 0.1) is 3.83 Å². The van der Waals surface area contributed by atoms with Gasteiger partial charge in [-0.2, -0.15) is 0 Å². The number of fused-ring (bicyclic) bond motifs is 1. The second kappa shape index (κ2) is 3.44. The topological polar surface area (TPSA) is 37.8 Å². The van der Waals surface area contributed by atoms with Crippen LogP contribution in [0.25, 0.3) is 10.9 Å². The Balaban J connectivity index is 2.25. The van der Waals surface area contributed by atoms with Gasteiger partial charge >= 0.3 is 95.1 Å². The van der Waals surface area contributed by atoms with Crippen molar-refractivity contribution in [1.29, 1.82) is 0 Å². The number of benzene rings is 1. The Hall–Kier alpha value is -1.17. The number of rotatable bonds is 2. The number of para-hydroxylation sites is 1. The molecule has 0 atom stereocenters. The van der Waals surface area contributed by atoms with Crippen molar-refractivity contribution in [2.45, 2.75) is 0 Å². The molecule has 0 saturated heterocycles. The van der Waals surface area contributed by atoms with Gasteiger partial charge in [0, 0.05) is 0 Å². The van der Waals surface area contributed by atoms with Gasteiger partial charge in [-0.1, -0.05) is 0 Å². The molecule has 0 bridgehead atoms. The SMILES string of the molecule is CNc1nc(I2C=C2)nc2ccccc12. The molecule has 2 aromatic rings. The molecule has 1 aromatic carbocycles. The van der Waals surface area contributed by atoms with E-state index in [9.17, 15) is 0 Å². The molecule has 0 unspecified atom stereocenters. The molecule has 0 amide bonds. The molecule has 1 aliphatic rings. The van der Waals surface area contributed by atoms with Crippen LogP contribution in [0.5, 0.6) is 0 Å². The van der Waals surface area contributed by atoms with Crippen molar-refractivity contribution in [2.75, 3.05) is 12.4 Å². The van der Waals surface area contributed by atoms with E-state index < -0.39 is 19.8 Å².